The third-order valence-corrected chi connectivity index (χ3v) is 3.84. The highest BCUT2D eigenvalue weighted by Crippen LogP contribution is 2.14. The molecule has 0 radical (unpaired) electrons. The van der Waals surface area contributed by atoms with Crippen molar-refractivity contribution in [1.29, 1.82) is 0 Å². The zero-order valence-electron chi connectivity index (χ0n) is 13.8. The van der Waals surface area contributed by atoms with Crippen LogP contribution in [0.3, 0.4) is 0 Å². The van der Waals surface area contributed by atoms with Crippen LogP contribution in [0.1, 0.15) is 31.8 Å². The fourth-order valence-corrected chi connectivity index (χ4v) is 2.18. The van der Waals surface area contributed by atoms with Crippen molar-refractivity contribution in [3.8, 4) is 0 Å². The van der Waals surface area contributed by atoms with Gasteiger partial charge in [0, 0.05) is 0 Å². The zero-order chi connectivity index (χ0) is 18.4. The van der Waals surface area contributed by atoms with Gasteiger partial charge in [0.05, 0.1) is 16.1 Å². The second-order valence-electron chi connectivity index (χ2n) is 5.36. The first-order valence-corrected chi connectivity index (χ1v) is 7.84. The molecule has 130 valence electrons. The van der Waals surface area contributed by atoms with E-state index in [2.05, 4.69) is 10.9 Å². The van der Waals surface area contributed by atoms with Crippen molar-refractivity contribution in [2.24, 2.45) is 0 Å². The Balaban J connectivity index is 1.82. The molecule has 0 atom stereocenters. The van der Waals surface area contributed by atoms with E-state index in [1.807, 2.05) is 13.8 Å². The van der Waals surface area contributed by atoms with Gasteiger partial charge >= 0.3 is 5.97 Å². The van der Waals surface area contributed by atoms with E-state index in [0.717, 1.165) is 11.1 Å². The molecule has 0 saturated heterocycles. The van der Waals surface area contributed by atoms with Gasteiger partial charge in [-0.2, -0.15) is 0 Å². The van der Waals surface area contributed by atoms with Crippen LogP contribution in [0, 0.1) is 13.8 Å². The maximum absolute atomic E-state index is 11.9. The van der Waals surface area contributed by atoms with Gasteiger partial charge in [0.25, 0.3) is 11.8 Å². The minimum Gasteiger partial charge on any atom is -0.452 e. The largest absolute Gasteiger partial charge is 0.452 e. The first kappa shape index (κ1) is 18.5. The molecule has 0 aliphatic carbocycles. The Morgan fingerprint density at radius 1 is 1.00 bits per heavy atom. The molecule has 0 saturated carbocycles. The van der Waals surface area contributed by atoms with Crippen LogP contribution in [-0.2, 0) is 9.53 Å². The lowest BCUT2D eigenvalue weighted by molar-refractivity contribution is -0.125. The van der Waals surface area contributed by atoms with E-state index in [4.69, 9.17) is 16.3 Å². The lowest BCUT2D eigenvalue weighted by atomic mass is 10.1. The molecule has 0 unspecified atom stereocenters. The Morgan fingerprint density at radius 2 is 1.72 bits per heavy atom. The Labute approximate surface area is 150 Å². The van der Waals surface area contributed by atoms with E-state index in [1.165, 1.54) is 6.07 Å². The third-order valence-electron chi connectivity index (χ3n) is 3.51. The van der Waals surface area contributed by atoms with Crippen LogP contribution in [0.5, 0.6) is 0 Å². The van der Waals surface area contributed by atoms with Crippen molar-refractivity contribution < 1.29 is 19.1 Å². The number of esters is 1. The molecule has 0 spiro atoms. The van der Waals surface area contributed by atoms with Gasteiger partial charge < -0.3 is 4.74 Å². The van der Waals surface area contributed by atoms with Crippen LogP contribution >= 0.6 is 11.6 Å². The molecule has 0 aliphatic rings. The first-order valence-electron chi connectivity index (χ1n) is 7.46. The average molecular weight is 361 g/mol. The topological polar surface area (TPSA) is 84.5 Å². The Hall–Kier alpha value is -2.86. The van der Waals surface area contributed by atoms with E-state index in [0.29, 0.717) is 5.56 Å². The number of ether oxygens (including phenoxy) is 1. The van der Waals surface area contributed by atoms with Gasteiger partial charge in [-0.1, -0.05) is 29.8 Å². The molecule has 2 aromatic rings. The second-order valence-corrected chi connectivity index (χ2v) is 5.76. The summed E-state index contributed by atoms with van der Waals surface area (Å²) in [5.41, 5.74) is 6.95. The van der Waals surface area contributed by atoms with Gasteiger partial charge in [0.1, 0.15) is 0 Å². The van der Waals surface area contributed by atoms with Gasteiger partial charge in [-0.15, -0.1) is 0 Å². The number of aryl methyl sites for hydroxylation is 2. The molecular weight excluding hydrogens is 344 g/mol. The predicted molar refractivity (Wildman–Crippen MR) is 93.3 cm³/mol. The monoisotopic (exact) mass is 360 g/mol. The molecule has 6 nitrogen and oxygen atoms in total. The highest BCUT2D eigenvalue weighted by molar-refractivity contribution is 6.33. The maximum Gasteiger partial charge on any atom is 0.338 e. The zero-order valence-corrected chi connectivity index (χ0v) is 14.5. The van der Waals surface area contributed by atoms with Crippen LogP contribution in [0.4, 0.5) is 0 Å². The number of amides is 2. The van der Waals surface area contributed by atoms with Crippen molar-refractivity contribution in [3.63, 3.8) is 0 Å². The van der Waals surface area contributed by atoms with Crippen molar-refractivity contribution in [2.75, 3.05) is 6.61 Å². The van der Waals surface area contributed by atoms with Gasteiger partial charge in [0.15, 0.2) is 6.61 Å². The quantitative estimate of drug-likeness (QED) is 0.648. The smallest absolute Gasteiger partial charge is 0.338 e. The van der Waals surface area contributed by atoms with Crippen LogP contribution in [0.15, 0.2) is 42.5 Å². The summed E-state index contributed by atoms with van der Waals surface area (Å²) in [7, 11) is 0. The van der Waals surface area contributed by atoms with Gasteiger partial charge in [0.2, 0.25) is 0 Å². The molecule has 0 heterocycles. The highest BCUT2D eigenvalue weighted by atomic mass is 35.5. The average Bonchev–Trinajstić information content (AvgIpc) is 2.60. The van der Waals surface area contributed by atoms with E-state index in [1.54, 1.807) is 36.4 Å². The van der Waals surface area contributed by atoms with E-state index >= 15 is 0 Å². The maximum atomic E-state index is 11.9. The second kappa shape index (κ2) is 8.30. The number of hydrogen-bond acceptors (Lipinski definition) is 4. The van der Waals surface area contributed by atoms with E-state index in [9.17, 15) is 14.4 Å². The minimum absolute atomic E-state index is 0.219. The fraction of sp³-hybridized carbons (Fsp3) is 0.167. The summed E-state index contributed by atoms with van der Waals surface area (Å²) >= 11 is 5.89. The Kier molecular flexibility index (Phi) is 6.14. The lowest BCUT2D eigenvalue weighted by Crippen LogP contribution is -2.43. The van der Waals surface area contributed by atoms with Gasteiger partial charge in [-0.3, -0.25) is 20.4 Å². The summed E-state index contributed by atoms with van der Waals surface area (Å²) in [6, 6.07) is 11.5. The summed E-state index contributed by atoms with van der Waals surface area (Å²) < 4.78 is 4.92. The molecule has 2 amide bonds. The number of hydrazine groups is 1. The first-order chi connectivity index (χ1) is 11.9. The van der Waals surface area contributed by atoms with Crippen LogP contribution in [0.2, 0.25) is 5.02 Å². The lowest BCUT2D eigenvalue weighted by Gasteiger charge is -2.09. The molecule has 2 aromatic carbocycles. The summed E-state index contributed by atoms with van der Waals surface area (Å²) in [5, 5.41) is 0.260. The van der Waals surface area contributed by atoms with Gasteiger partial charge in [-0.05, 0) is 49.2 Å². The number of benzene rings is 2. The number of nitrogens with one attached hydrogen (secondary N) is 2. The van der Waals surface area contributed by atoms with E-state index < -0.39 is 24.4 Å². The van der Waals surface area contributed by atoms with Crippen molar-refractivity contribution in [2.45, 2.75) is 13.8 Å². The standard InChI is InChI=1S/C18H17ClN2O4/c1-11-7-8-13(9-12(11)2)18(24)25-10-16(22)20-21-17(23)14-5-3-4-6-15(14)19/h3-9H,10H2,1-2H3,(H,20,22)(H,21,23). The van der Waals surface area contributed by atoms with Crippen molar-refractivity contribution >= 4 is 29.4 Å². The molecule has 0 aliphatic heterocycles. The Bertz CT molecular complexity index is 820. The van der Waals surface area contributed by atoms with Crippen molar-refractivity contribution in [3.05, 3.63) is 69.7 Å². The van der Waals surface area contributed by atoms with Crippen LogP contribution in [-0.4, -0.2) is 24.4 Å². The number of halogens is 1. The molecule has 0 bridgehead atoms. The van der Waals surface area contributed by atoms with Gasteiger partial charge in [-0.25, -0.2) is 4.79 Å². The molecule has 0 fully saturated rings. The molecule has 2 rings (SSSR count). The van der Waals surface area contributed by atoms with E-state index in [-0.39, 0.29) is 10.6 Å². The molecule has 7 heteroatoms. The molecule has 2 N–H and O–H groups in total. The highest BCUT2D eigenvalue weighted by Gasteiger charge is 2.13. The number of carbonyl (C=O) groups is 3. The van der Waals surface area contributed by atoms with Crippen LogP contribution < -0.4 is 10.9 Å². The molecule has 0 aromatic heterocycles. The number of hydrogen-bond donors (Lipinski definition) is 2. The van der Waals surface area contributed by atoms with Crippen molar-refractivity contribution in [1.82, 2.24) is 10.9 Å². The molecular formula is C18H17ClN2O4. The minimum atomic E-state index is -0.669. The Morgan fingerprint density at radius 3 is 2.40 bits per heavy atom. The SMILES string of the molecule is Cc1ccc(C(=O)OCC(=O)NNC(=O)c2ccccc2Cl)cc1C. The number of rotatable bonds is 4. The molecule has 25 heavy (non-hydrogen) atoms. The summed E-state index contributed by atoms with van der Waals surface area (Å²) in [5.74, 6) is -1.85. The normalized spacial score (nSPS) is 10.0. The third kappa shape index (κ3) is 5.06. The fourth-order valence-electron chi connectivity index (χ4n) is 1.96. The predicted octanol–water partition coefficient (Wildman–Crippen LogP) is 2.57. The van der Waals surface area contributed by atoms with Crippen LogP contribution in [0.25, 0.3) is 0 Å². The summed E-state index contributed by atoms with van der Waals surface area (Å²) in [4.78, 5) is 35.5. The summed E-state index contributed by atoms with van der Waals surface area (Å²) in [6.07, 6.45) is 0. The number of carbonyl (C=O) groups excluding carboxylic acids is 3. The summed E-state index contributed by atoms with van der Waals surface area (Å²) in [6.45, 7) is 3.29.